The fourth-order valence-electron chi connectivity index (χ4n) is 3.96. The van der Waals surface area contributed by atoms with E-state index in [1.807, 2.05) is 42.5 Å². The molecule has 1 aromatic heterocycles. The maximum absolute atomic E-state index is 12.8. The van der Waals surface area contributed by atoms with Crippen molar-refractivity contribution in [2.24, 2.45) is 0 Å². The molecule has 0 spiro atoms. The van der Waals surface area contributed by atoms with Crippen LogP contribution in [-0.4, -0.2) is 20.9 Å². The number of aliphatic hydroxyl groups is 1. The summed E-state index contributed by atoms with van der Waals surface area (Å²) in [5, 5.41) is 20.1. The van der Waals surface area contributed by atoms with Gasteiger partial charge < -0.3 is 10.4 Å². The van der Waals surface area contributed by atoms with E-state index in [1.165, 1.54) is 11.1 Å². The van der Waals surface area contributed by atoms with Crippen LogP contribution in [0.15, 0.2) is 54.6 Å². The first-order valence-corrected chi connectivity index (χ1v) is 10.6. The van der Waals surface area contributed by atoms with E-state index in [0.29, 0.717) is 5.82 Å². The molecule has 0 aliphatic heterocycles. The second-order valence-electron chi connectivity index (χ2n) is 7.75. The number of benzene rings is 2. The van der Waals surface area contributed by atoms with Crippen LogP contribution in [0, 0.1) is 0 Å². The van der Waals surface area contributed by atoms with E-state index in [9.17, 15) is 9.90 Å². The standard InChI is InChI=1S/C24H28N4O2/c1-2-3-7-19-15-23(28(27-19)20-12-9-17(16-29)10-13-20)26-24(30)25-22-14-11-18-6-4-5-8-21(18)22/h4-6,8-10,12-13,15,22,29H,2-3,7,11,14,16H2,1H3,(H2,25,26,30). The SMILES string of the molecule is CCCCc1cc(NC(=O)NC2CCc3ccccc32)n(-c2ccc(CO)cc2)n1. The molecule has 0 saturated heterocycles. The number of fused-ring (bicyclic) bond motifs is 1. The van der Waals surface area contributed by atoms with Gasteiger partial charge in [-0.2, -0.15) is 5.10 Å². The number of amides is 2. The van der Waals surface area contributed by atoms with Gasteiger partial charge in [-0.05, 0) is 54.5 Å². The highest BCUT2D eigenvalue weighted by Crippen LogP contribution is 2.30. The summed E-state index contributed by atoms with van der Waals surface area (Å²) in [4.78, 5) is 12.8. The topological polar surface area (TPSA) is 79.2 Å². The largest absolute Gasteiger partial charge is 0.392 e. The van der Waals surface area contributed by atoms with Crippen LogP contribution >= 0.6 is 0 Å². The van der Waals surface area contributed by atoms with E-state index in [2.05, 4.69) is 29.7 Å². The number of hydrogen-bond donors (Lipinski definition) is 3. The lowest BCUT2D eigenvalue weighted by Crippen LogP contribution is -2.32. The summed E-state index contributed by atoms with van der Waals surface area (Å²) in [7, 11) is 0. The van der Waals surface area contributed by atoms with Gasteiger partial charge in [0.2, 0.25) is 0 Å². The lowest BCUT2D eigenvalue weighted by Gasteiger charge is -2.15. The fourth-order valence-corrected chi connectivity index (χ4v) is 3.96. The highest BCUT2D eigenvalue weighted by Gasteiger charge is 2.24. The predicted molar refractivity (Wildman–Crippen MR) is 118 cm³/mol. The number of aliphatic hydroxyl groups excluding tert-OH is 1. The molecule has 1 aliphatic carbocycles. The van der Waals surface area contributed by atoms with E-state index in [1.54, 1.807) is 4.68 Å². The molecule has 1 unspecified atom stereocenters. The highest BCUT2D eigenvalue weighted by molar-refractivity contribution is 5.89. The first-order valence-electron chi connectivity index (χ1n) is 10.6. The molecule has 0 saturated carbocycles. The summed E-state index contributed by atoms with van der Waals surface area (Å²) < 4.78 is 1.76. The van der Waals surface area contributed by atoms with Gasteiger partial charge in [-0.3, -0.25) is 5.32 Å². The summed E-state index contributed by atoms with van der Waals surface area (Å²) in [5.74, 6) is 0.640. The molecule has 6 heteroatoms. The van der Waals surface area contributed by atoms with Gasteiger partial charge in [0.25, 0.3) is 0 Å². The number of unbranched alkanes of at least 4 members (excludes halogenated alkanes) is 1. The van der Waals surface area contributed by atoms with Crippen molar-refractivity contribution >= 4 is 11.8 Å². The molecule has 6 nitrogen and oxygen atoms in total. The highest BCUT2D eigenvalue weighted by atomic mass is 16.3. The lowest BCUT2D eigenvalue weighted by atomic mass is 10.1. The summed E-state index contributed by atoms with van der Waals surface area (Å²) in [6.07, 6.45) is 4.89. The Morgan fingerprint density at radius 2 is 2.00 bits per heavy atom. The van der Waals surface area contributed by atoms with Gasteiger partial charge in [-0.1, -0.05) is 49.7 Å². The average Bonchev–Trinajstić information content (AvgIpc) is 3.36. The van der Waals surface area contributed by atoms with Gasteiger partial charge >= 0.3 is 6.03 Å². The molecular weight excluding hydrogens is 376 g/mol. The van der Waals surface area contributed by atoms with Crippen LogP contribution in [0.1, 0.15) is 54.6 Å². The second-order valence-corrected chi connectivity index (χ2v) is 7.75. The second kappa shape index (κ2) is 9.13. The maximum atomic E-state index is 12.8. The van der Waals surface area contributed by atoms with Crippen molar-refractivity contribution < 1.29 is 9.90 Å². The number of nitrogens with one attached hydrogen (secondary N) is 2. The predicted octanol–water partition coefficient (Wildman–Crippen LogP) is 4.52. The van der Waals surface area contributed by atoms with Crippen molar-refractivity contribution in [3.63, 3.8) is 0 Å². The van der Waals surface area contributed by atoms with Crippen LogP contribution in [0.25, 0.3) is 5.69 Å². The molecule has 1 heterocycles. The smallest absolute Gasteiger partial charge is 0.320 e. The minimum absolute atomic E-state index is 0.00247. The normalized spacial score (nSPS) is 15.1. The molecule has 30 heavy (non-hydrogen) atoms. The molecule has 1 atom stereocenters. The number of aromatic nitrogens is 2. The Hall–Kier alpha value is -3.12. The Labute approximate surface area is 176 Å². The van der Waals surface area contributed by atoms with Crippen molar-refractivity contribution in [2.45, 2.75) is 51.7 Å². The van der Waals surface area contributed by atoms with E-state index in [-0.39, 0.29) is 18.7 Å². The Morgan fingerprint density at radius 1 is 1.20 bits per heavy atom. The zero-order valence-electron chi connectivity index (χ0n) is 17.3. The number of carbonyl (C=O) groups is 1. The average molecular weight is 405 g/mol. The third kappa shape index (κ3) is 4.39. The number of hydrogen-bond acceptors (Lipinski definition) is 3. The summed E-state index contributed by atoms with van der Waals surface area (Å²) >= 11 is 0. The lowest BCUT2D eigenvalue weighted by molar-refractivity contribution is 0.248. The van der Waals surface area contributed by atoms with Gasteiger partial charge in [-0.15, -0.1) is 0 Å². The van der Waals surface area contributed by atoms with Crippen molar-refractivity contribution in [1.82, 2.24) is 15.1 Å². The minimum Gasteiger partial charge on any atom is -0.392 e. The van der Waals surface area contributed by atoms with Crippen LogP contribution < -0.4 is 10.6 Å². The van der Waals surface area contributed by atoms with Crippen molar-refractivity contribution in [1.29, 1.82) is 0 Å². The van der Waals surface area contributed by atoms with Gasteiger partial charge in [-0.25, -0.2) is 9.48 Å². The third-order valence-electron chi connectivity index (χ3n) is 5.59. The number of aryl methyl sites for hydroxylation is 2. The van der Waals surface area contributed by atoms with E-state index in [4.69, 9.17) is 5.10 Å². The van der Waals surface area contributed by atoms with Gasteiger partial charge in [0.05, 0.1) is 24.0 Å². The van der Waals surface area contributed by atoms with E-state index < -0.39 is 0 Å². The Kier molecular flexibility index (Phi) is 6.14. The maximum Gasteiger partial charge on any atom is 0.320 e. The van der Waals surface area contributed by atoms with Crippen LogP contribution in [0.3, 0.4) is 0 Å². The number of rotatable bonds is 7. The first-order chi connectivity index (χ1) is 14.7. The van der Waals surface area contributed by atoms with Crippen molar-refractivity contribution in [3.05, 3.63) is 77.0 Å². The molecule has 2 amide bonds. The number of carbonyl (C=O) groups excluding carboxylic acids is 1. The van der Waals surface area contributed by atoms with Crippen LogP contribution in [0.2, 0.25) is 0 Å². The molecule has 4 rings (SSSR count). The van der Waals surface area contributed by atoms with Gasteiger partial charge in [0.15, 0.2) is 0 Å². The molecule has 0 radical (unpaired) electrons. The Morgan fingerprint density at radius 3 is 2.77 bits per heavy atom. The molecule has 2 aromatic carbocycles. The molecular formula is C24H28N4O2. The number of urea groups is 1. The van der Waals surface area contributed by atoms with Gasteiger partial charge in [0, 0.05) is 6.07 Å². The minimum atomic E-state index is -0.230. The third-order valence-corrected chi connectivity index (χ3v) is 5.59. The quantitative estimate of drug-likeness (QED) is 0.542. The molecule has 3 N–H and O–H groups in total. The Bertz CT molecular complexity index is 1010. The van der Waals surface area contributed by atoms with E-state index in [0.717, 1.165) is 49.0 Å². The fraction of sp³-hybridized carbons (Fsp3) is 0.333. The summed E-state index contributed by atoms with van der Waals surface area (Å²) in [5.41, 5.74) is 5.13. The first kappa shape index (κ1) is 20.2. The number of anilines is 1. The Balaban J connectivity index is 1.53. The monoisotopic (exact) mass is 404 g/mol. The van der Waals surface area contributed by atoms with E-state index >= 15 is 0 Å². The summed E-state index contributed by atoms with van der Waals surface area (Å²) in [6, 6.07) is 17.5. The van der Waals surface area contributed by atoms with Gasteiger partial charge in [0.1, 0.15) is 5.82 Å². The zero-order valence-corrected chi connectivity index (χ0v) is 17.3. The molecule has 1 aliphatic rings. The van der Waals surface area contributed by atoms with Crippen LogP contribution in [0.4, 0.5) is 10.6 Å². The molecule has 0 bridgehead atoms. The summed E-state index contributed by atoms with van der Waals surface area (Å²) in [6.45, 7) is 2.15. The number of nitrogens with zero attached hydrogens (tertiary/aromatic N) is 2. The van der Waals surface area contributed by atoms with Crippen molar-refractivity contribution in [2.75, 3.05) is 5.32 Å². The van der Waals surface area contributed by atoms with Crippen LogP contribution in [-0.2, 0) is 19.4 Å². The van der Waals surface area contributed by atoms with Crippen LogP contribution in [0.5, 0.6) is 0 Å². The zero-order chi connectivity index (χ0) is 20.9. The van der Waals surface area contributed by atoms with Crippen molar-refractivity contribution in [3.8, 4) is 5.69 Å². The molecule has 0 fully saturated rings. The molecule has 156 valence electrons. The molecule has 3 aromatic rings.